The first-order valence-electron chi connectivity index (χ1n) is 12.7. The van der Waals surface area contributed by atoms with Gasteiger partial charge in [-0.15, -0.1) is 0 Å². The Kier molecular flexibility index (Phi) is 7.81. The number of fused-ring (bicyclic) bond motifs is 1. The second kappa shape index (κ2) is 11.4. The smallest absolute Gasteiger partial charge is 0.232 e. The van der Waals surface area contributed by atoms with Crippen molar-refractivity contribution in [3.8, 4) is 5.75 Å². The average Bonchev–Trinajstić information content (AvgIpc) is 2.93. The molecule has 0 bridgehead atoms. The van der Waals surface area contributed by atoms with E-state index < -0.39 is 7.92 Å². The highest BCUT2D eigenvalue weighted by atomic mass is 31.1. The Morgan fingerprint density at radius 1 is 0.921 bits per heavy atom. The van der Waals surface area contributed by atoms with Crippen molar-refractivity contribution in [3.05, 3.63) is 48.5 Å². The summed E-state index contributed by atoms with van der Waals surface area (Å²) in [6, 6.07) is 8.25. The third-order valence-electron chi connectivity index (χ3n) is 6.75. The summed E-state index contributed by atoms with van der Waals surface area (Å²) in [5.74, 6) is 1.64. The summed E-state index contributed by atoms with van der Waals surface area (Å²) in [4.78, 5) is 27.2. The monoisotopic (exact) mass is 531 g/mol. The fourth-order valence-corrected chi connectivity index (χ4v) is 5.95. The van der Waals surface area contributed by atoms with Crippen LogP contribution in [0.3, 0.4) is 0 Å². The number of nitrogens with zero attached hydrogens (tertiary/aromatic N) is 7. The lowest BCUT2D eigenvalue weighted by atomic mass is 10.1. The van der Waals surface area contributed by atoms with E-state index in [1.807, 2.05) is 12.1 Å². The van der Waals surface area contributed by atoms with Gasteiger partial charge in [0.2, 0.25) is 11.9 Å². The van der Waals surface area contributed by atoms with Crippen LogP contribution in [0.5, 0.6) is 5.75 Å². The second-order valence-electron chi connectivity index (χ2n) is 9.49. The zero-order valence-electron chi connectivity index (χ0n) is 22.6. The summed E-state index contributed by atoms with van der Waals surface area (Å²) < 4.78 is 5.78. The Labute approximate surface area is 224 Å². The first kappa shape index (κ1) is 26.0. The SMILES string of the molecule is CCc1cc(Nc2ncnc(Nc3ccc4nccnc4c3P(C)C)n2)c(OC)cc1N1CCN(C)CC1. The number of nitrogens with one attached hydrogen (secondary N) is 2. The van der Waals surface area contributed by atoms with Crippen LogP contribution < -0.4 is 25.6 Å². The minimum Gasteiger partial charge on any atom is -0.494 e. The molecule has 0 aliphatic carbocycles. The fraction of sp³-hybridized carbons (Fsp3) is 0.370. The molecule has 0 atom stereocenters. The number of rotatable bonds is 8. The van der Waals surface area contributed by atoms with Crippen LogP contribution >= 0.6 is 7.92 Å². The van der Waals surface area contributed by atoms with E-state index in [2.05, 4.69) is 84.8 Å². The Morgan fingerprint density at radius 2 is 1.63 bits per heavy atom. The van der Waals surface area contributed by atoms with Crippen LogP contribution in [0.25, 0.3) is 11.0 Å². The molecule has 0 amide bonds. The number of piperazine rings is 1. The average molecular weight is 532 g/mol. The summed E-state index contributed by atoms with van der Waals surface area (Å²) in [7, 11) is 3.40. The first-order valence-corrected chi connectivity index (χ1v) is 15.0. The van der Waals surface area contributed by atoms with Gasteiger partial charge in [-0.25, -0.2) is 9.97 Å². The molecule has 2 aromatic heterocycles. The molecular weight excluding hydrogens is 497 g/mol. The summed E-state index contributed by atoms with van der Waals surface area (Å²) in [6.07, 6.45) is 5.86. The molecular formula is C27H34N9OP. The van der Waals surface area contributed by atoms with Crippen molar-refractivity contribution in [1.29, 1.82) is 0 Å². The van der Waals surface area contributed by atoms with Crippen molar-refractivity contribution in [2.45, 2.75) is 13.3 Å². The molecule has 0 saturated carbocycles. The van der Waals surface area contributed by atoms with E-state index in [9.17, 15) is 0 Å². The topological polar surface area (TPSA) is 104 Å². The van der Waals surface area contributed by atoms with Gasteiger partial charge in [0.1, 0.15) is 12.1 Å². The van der Waals surface area contributed by atoms with Crippen molar-refractivity contribution in [3.63, 3.8) is 0 Å². The molecule has 198 valence electrons. The molecule has 3 heterocycles. The maximum atomic E-state index is 5.78. The van der Waals surface area contributed by atoms with Crippen LogP contribution in [-0.4, -0.2) is 83.5 Å². The van der Waals surface area contributed by atoms with E-state index >= 15 is 0 Å². The number of ether oxygens (including phenoxy) is 1. The van der Waals surface area contributed by atoms with Gasteiger partial charge in [0.05, 0.1) is 29.5 Å². The zero-order chi connectivity index (χ0) is 26.6. The Balaban J connectivity index is 1.42. The van der Waals surface area contributed by atoms with Gasteiger partial charge in [-0.3, -0.25) is 9.97 Å². The van der Waals surface area contributed by atoms with Gasteiger partial charge < -0.3 is 25.2 Å². The molecule has 2 aromatic carbocycles. The Hall–Kier alpha value is -3.62. The number of hydrogen-bond donors (Lipinski definition) is 2. The molecule has 38 heavy (non-hydrogen) atoms. The lowest BCUT2D eigenvalue weighted by molar-refractivity contribution is 0.312. The Morgan fingerprint density at radius 3 is 2.32 bits per heavy atom. The summed E-state index contributed by atoms with van der Waals surface area (Å²) in [5.41, 5.74) is 6.01. The van der Waals surface area contributed by atoms with E-state index in [1.54, 1.807) is 19.5 Å². The van der Waals surface area contributed by atoms with E-state index in [0.717, 1.165) is 66.1 Å². The molecule has 11 heteroatoms. The molecule has 4 aromatic rings. The molecule has 0 spiro atoms. The van der Waals surface area contributed by atoms with Crippen LogP contribution in [0.2, 0.25) is 0 Å². The third kappa shape index (κ3) is 5.47. The van der Waals surface area contributed by atoms with Gasteiger partial charge in [0.25, 0.3) is 0 Å². The molecule has 0 radical (unpaired) electrons. The van der Waals surface area contributed by atoms with Gasteiger partial charge in [-0.1, -0.05) is 14.8 Å². The lowest BCUT2D eigenvalue weighted by Crippen LogP contribution is -2.44. The highest BCUT2D eigenvalue weighted by Gasteiger charge is 2.20. The van der Waals surface area contributed by atoms with Gasteiger partial charge in [-0.2, -0.15) is 4.98 Å². The maximum Gasteiger partial charge on any atom is 0.232 e. The van der Waals surface area contributed by atoms with Crippen LogP contribution in [0.4, 0.5) is 29.0 Å². The van der Waals surface area contributed by atoms with Crippen molar-refractivity contribution in [2.24, 2.45) is 0 Å². The fourth-order valence-electron chi connectivity index (χ4n) is 4.74. The standard InChI is InChI=1S/C27H34N9OP/c1-6-18-15-21(23(37-3)16-22(18)36-13-11-35(2)12-14-36)33-27-31-17-30-26(34-27)32-20-8-7-19-24(25(20)38(4)5)29-10-9-28-19/h7-10,15-17H,6,11-14H2,1-5H3,(H2,30,31,32,33,34). The molecule has 1 fully saturated rings. The van der Waals surface area contributed by atoms with Gasteiger partial charge in [0.15, 0.2) is 0 Å². The predicted octanol–water partition coefficient (Wildman–Crippen LogP) is 3.99. The third-order valence-corrected chi connectivity index (χ3v) is 8.10. The number of benzene rings is 2. The predicted molar refractivity (Wildman–Crippen MR) is 156 cm³/mol. The van der Waals surface area contributed by atoms with Crippen molar-refractivity contribution in [2.75, 3.05) is 69.2 Å². The highest BCUT2D eigenvalue weighted by Crippen LogP contribution is 2.36. The number of aromatic nitrogens is 5. The minimum absolute atomic E-state index is 0.438. The maximum absolute atomic E-state index is 5.78. The molecule has 1 saturated heterocycles. The van der Waals surface area contributed by atoms with Crippen molar-refractivity contribution < 1.29 is 4.74 Å². The summed E-state index contributed by atoms with van der Waals surface area (Å²) in [5, 5.41) is 7.87. The second-order valence-corrected chi connectivity index (χ2v) is 11.7. The number of hydrogen-bond acceptors (Lipinski definition) is 10. The van der Waals surface area contributed by atoms with Crippen LogP contribution in [0, 0.1) is 0 Å². The zero-order valence-corrected chi connectivity index (χ0v) is 23.5. The molecule has 10 nitrogen and oxygen atoms in total. The molecule has 5 rings (SSSR count). The van der Waals surface area contributed by atoms with E-state index in [1.165, 1.54) is 17.6 Å². The van der Waals surface area contributed by atoms with Crippen molar-refractivity contribution >= 4 is 53.2 Å². The van der Waals surface area contributed by atoms with Gasteiger partial charge in [0, 0.05) is 55.6 Å². The molecule has 0 unspecified atom stereocenters. The quantitative estimate of drug-likeness (QED) is 0.324. The van der Waals surface area contributed by atoms with Crippen LogP contribution in [-0.2, 0) is 6.42 Å². The first-order chi connectivity index (χ1) is 18.5. The van der Waals surface area contributed by atoms with Crippen LogP contribution in [0.1, 0.15) is 12.5 Å². The van der Waals surface area contributed by atoms with E-state index in [4.69, 9.17) is 4.74 Å². The lowest BCUT2D eigenvalue weighted by Gasteiger charge is -2.35. The minimum atomic E-state index is -0.459. The summed E-state index contributed by atoms with van der Waals surface area (Å²) >= 11 is 0. The van der Waals surface area contributed by atoms with Gasteiger partial charge in [-0.05, 0) is 50.6 Å². The molecule has 1 aliphatic heterocycles. The number of anilines is 5. The number of likely N-dealkylation sites (N-methyl/N-ethyl adjacent to an activating group) is 1. The summed E-state index contributed by atoms with van der Waals surface area (Å²) in [6.45, 7) is 10.7. The van der Waals surface area contributed by atoms with Crippen molar-refractivity contribution in [1.82, 2.24) is 29.8 Å². The van der Waals surface area contributed by atoms with Crippen LogP contribution in [0.15, 0.2) is 43.0 Å². The largest absolute Gasteiger partial charge is 0.494 e. The van der Waals surface area contributed by atoms with Gasteiger partial charge >= 0.3 is 0 Å². The normalized spacial score (nSPS) is 14.2. The molecule has 2 N–H and O–H groups in total. The van der Waals surface area contributed by atoms with E-state index in [-0.39, 0.29) is 0 Å². The number of methoxy groups -OCH3 is 1. The van der Waals surface area contributed by atoms with E-state index in [0.29, 0.717) is 11.9 Å². The Bertz CT molecular complexity index is 1420. The highest BCUT2D eigenvalue weighted by molar-refractivity contribution is 7.65. The molecule has 1 aliphatic rings. The number of aryl methyl sites for hydroxylation is 1.